The van der Waals surface area contributed by atoms with Crippen LogP contribution in [0.15, 0.2) is 65.6 Å². The minimum absolute atomic E-state index is 0.0477. The molecule has 1 unspecified atom stereocenters. The lowest BCUT2D eigenvalue weighted by atomic mass is 9.88. The first-order valence-corrected chi connectivity index (χ1v) is 13.8. The Morgan fingerprint density at radius 1 is 1.05 bits per heavy atom. The van der Waals surface area contributed by atoms with E-state index in [0.717, 1.165) is 24.0 Å². The van der Waals surface area contributed by atoms with Crippen molar-refractivity contribution in [3.05, 3.63) is 71.9 Å². The number of aliphatic hydroxyl groups excluding tert-OH is 1. The number of nitrogens with zero attached hydrogens (tertiary/aromatic N) is 1. The number of Topliss-reactive ketones (excluding diaryl/α,β-unsaturated/α-hetero) is 1. The molecule has 1 aliphatic carbocycles. The van der Waals surface area contributed by atoms with Crippen molar-refractivity contribution in [2.75, 3.05) is 13.4 Å². The summed E-state index contributed by atoms with van der Waals surface area (Å²) in [6.07, 6.45) is 1.79. The molecule has 0 radical (unpaired) electrons. The number of pyridine rings is 1. The molecule has 8 nitrogen and oxygen atoms in total. The Morgan fingerprint density at radius 2 is 1.78 bits per heavy atom. The van der Waals surface area contributed by atoms with Crippen molar-refractivity contribution in [3.63, 3.8) is 0 Å². The monoisotopic (exact) mass is 522 g/mol. The number of aromatic nitrogens is 1. The molecule has 1 atom stereocenters. The van der Waals surface area contributed by atoms with Gasteiger partial charge in [0.25, 0.3) is 0 Å². The summed E-state index contributed by atoms with van der Waals surface area (Å²) in [7, 11) is -3.77. The van der Waals surface area contributed by atoms with E-state index in [1.54, 1.807) is 12.1 Å². The second-order valence-electron chi connectivity index (χ2n) is 9.94. The van der Waals surface area contributed by atoms with E-state index in [1.807, 2.05) is 50.2 Å². The van der Waals surface area contributed by atoms with Gasteiger partial charge in [0.1, 0.15) is 5.78 Å². The van der Waals surface area contributed by atoms with Crippen LogP contribution in [0.4, 0.5) is 0 Å². The molecule has 2 heterocycles. The lowest BCUT2D eigenvalue weighted by molar-refractivity contribution is -0.120. The summed E-state index contributed by atoms with van der Waals surface area (Å²) < 4.78 is 38.9. The van der Waals surface area contributed by atoms with Crippen molar-refractivity contribution in [1.29, 1.82) is 0 Å². The fraction of sp³-hybridized carbons (Fsp3) is 0.357. The minimum atomic E-state index is -3.77. The molecule has 2 aromatic carbocycles. The molecule has 1 saturated carbocycles. The van der Waals surface area contributed by atoms with Crippen LogP contribution in [-0.4, -0.2) is 43.7 Å². The summed E-state index contributed by atoms with van der Waals surface area (Å²) in [6, 6.07) is 17.1. The Morgan fingerprint density at radius 3 is 2.46 bits per heavy atom. The van der Waals surface area contributed by atoms with Crippen molar-refractivity contribution >= 4 is 15.8 Å². The summed E-state index contributed by atoms with van der Waals surface area (Å²) >= 11 is 0. The fourth-order valence-corrected chi connectivity index (χ4v) is 5.95. The van der Waals surface area contributed by atoms with Crippen LogP contribution in [0, 0.1) is 5.92 Å². The molecule has 2 aliphatic rings. The average molecular weight is 523 g/mol. The molecule has 1 fully saturated rings. The van der Waals surface area contributed by atoms with Crippen LogP contribution in [0.1, 0.15) is 37.9 Å². The zero-order valence-corrected chi connectivity index (χ0v) is 21.6. The summed E-state index contributed by atoms with van der Waals surface area (Å²) in [5.74, 6) is 1.44. The molecule has 9 heteroatoms. The highest BCUT2D eigenvalue weighted by Crippen LogP contribution is 2.51. The van der Waals surface area contributed by atoms with Crippen molar-refractivity contribution < 1.29 is 27.8 Å². The number of ether oxygens (including phenoxy) is 2. The molecule has 37 heavy (non-hydrogen) atoms. The highest BCUT2D eigenvalue weighted by molar-refractivity contribution is 7.89. The van der Waals surface area contributed by atoms with E-state index in [4.69, 9.17) is 9.47 Å². The lowest BCUT2D eigenvalue weighted by Gasteiger charge is -2.19. The molecule has 0 bridgehead atoms. The van der Waals surface area contributed by atoms with Gasteiger partial charge in [0, 0.05) is 23.7 Å². The number of hydrogen-bond donors (Lipinski definition) is 2. The van der Waals surface area contributed by atoms with Gasteiger partial charge in [-0.1, -0.05) is 38.1 Å². The fourth-order valence-electron chi connectivity index (χ4n) is 4.58. The maximum Gasteiger partial charge on any atom is 0.240 e. The van der Waals surface area contributed by atoms with Crippen LogP contribution >= 0.6 is 0 Å². The van der Waals surface area contributed by atoms with Crippen molar-refractivity contribution in [3.8, 4) is 22.8 Å². The van der Waals surface area contributed by atoms with Gasteiger partial charge in [-0.25, -0.2) is 13.1 Å². The predicted octanol–water partition coefficient (Wildman–Crippen LogP) is 3.62. The van der Waals surface area contributed by atoms with Gasteiger partial charge in [0.05, 0.1) is 22.6 Å². The summed E-state index contributed by atoms with van der Waals surface area (Å²) in [4.78, 5) is 18.2. The topological polar surface area (TPSA) is 115 Å². The van der Waals surface area contributed by atoms with Crippen LogP contribution in [0.2, 0.25) is 0 Å². The number of aliphatic hydroxyl groups is 1. The zero-order valence-electron chi connectivity index (χ0n) is 20.8. The number of nitrogens with one attached hydrogen (secondary N) is 1. The van der Waals surface area contributed by atoms with Gasteiger partial charge in [-0.05, 0) is 60.7 Å². The molecule has 1 aromatic heterocycles. The Labute approximate surface area is 216 Å². The summed E-state index contributed by atoms with van der Waals surface area (Å²) in [5, 5.41) is 9.47. The van der Waals surface area contributed by atoms with E-state index in [-0.39, 0.29) is 36.4 Å². The van der Waals surface area contributed by atoms with Crippen LogP contribution < -0.4 is 14.2 Å². The van der Waals surface area contributed by atoms with Crippen LogP contribution in [0.25, 0.3) is 11.3 Å². The number of ketones is 1. The van der Waals surface area contributed by atoms with Gasteiger partial charge in [0.15, 0.2) is 11.5 Å². The van der Waals surface area contributed by atoms with E-state index < -0.39 is 21.5 Å². The molecule has 1 aliphatic heterocycles. The normalized spacial score (nSPS) is 16.5. The maximum absolute atomic E-state index is 13.4. The van der Waals surface area contributed by atoms with Crippen LogP contribution in [-0.2, 0) is 26.7 Å². The molecule has 2 N–H and O–H groups in total. The molecule has 3 aromatic rings. The third kappa shape index (κ3) is 5.12. The van der Waals surface area contributed by atoms with Crippen molar-refractivity contribution in [2.45, 2.75) is 49.5 Å². The molecule has 0 saturated heterocycles. The van der Waals surface area contributed by atoms with Crippen molar-refractivity contribution in [1.82, 2.24) is 9.71 Å². The maximum atomic E-state index is 13.4. The number of carbonyl (C=O) groups is 1. The Balaban J connectivity index is 1.31. The second-order valence-corrected chi connectivity index (χ2v) is 11.7. The lowest BCUT2D eigenvalue weighted by Crippen LogP contribution is -2.41. The van der Waals surface area contributed by atoms with Gasteiger partial charge in [-0.15, -0.1) is 0 Å². The summed E-state index contributed by atoms with van der Waals surface area (Å²) in [6.45, 7) is 3.60. The molecule has 194 valence electrons. The number of rotatable bonds is 10. The Hall–Kier alpha value is -3.27. The molecule has 5 rings (SSSR count). The summed E-state index contributed by atoms with van der Waals surface area (Å²) in [5.41, 5.74) is 2.50. The third-order valence-corrected chi connectivity index (χ3v) is 8.63. The van der Waals surface area contributed by atoms with Gasteiger partial charge in [-0.3, -0.25) is 9.78 Å². The molecular formula is C28H30N2O6S. The third-order valence-electron chi connectivity index (χ3n) is 7.13. The Bertz CT molecular complexity index is 1410. The molecule has 0 amide bonds. The average Bonchev–Trinajstić information content (AvgIpc) is 3.58. The van der Waals surface area contributed by atoms with E-state index in [2.05, 4.69) is 9.71 Å². The van der Waals surface area contributed by atoms with Crippen molar-refractivity contribution in [2.24, 2.45) is 5.92 Å². The first-order valence-electron chi connectivity index (χ1n) is 12.3. The first kappa shape index (κ1) is 25.4. The SMILES string of the molecule is CC(C)C(CO)NS(=O)(=O)c1ccc(-c2cccc(CC(=O)C3(c4ccc5c(c4)OCO5)CC3)n2)cc1. The van der Waals surface area contributed by atoms with Gasteiger partial charge in [-0.2, -0.15) is 0 Å². The highest BCUT2D eigenvalue weighted by atomic mass is 32.2. The minimum Gasteiger partial charge on any atom is -0.454 e. The van der Waals surface area contributed by atoms with Crippen LogP contribution in [0.5, 0.6) is 11.5 Å². The van der Waals surface area contributed by atoms with E-state index in [1.165, 1.54) is 12.1 Å². The smallest absolute Gasteiger partial charge is 0.240 e. The largest absolute Gasteiger partial charge is 0.454 e. The quantitative estimate of drug-likeness (QED) is 0.418. The van der Waals surface area contributed by atoms with Gasteiger partial charge in [0.2, 0.25) is 16.8 Å². The van der Waals surface area contributed by atoms with Gasteiger partial charge < -0.3 is 14.6 Å². The van der Waals surface area contributed by atoms with Gasteiger partial charge >= 0.3 is 0 Å². The van der Waals surface area contributed by atoms with E-state index in [0.29, 0.717) is 22.9 Å². The number of carbonyl (C=O) groups excluding carboxylic acids is 1. The molecule has 0 spiro atoms. The number of sulfonamides is 1. The predicted molar refractivity (Wildman–Crippen MR) is 138 cm³/mol. The second kappa shape index (κ2) is 9.89. The highest BCUT2D eigenvalue weighted by Gasteiger charge is 2.51. The van der Waals surface area contributed by atoms with E-state index in [9.17, 15) is 18.3 Å². The first-order chi connectivity index (χ1) is 17.7. The number of benzene rings is 2. The van der Waals surface area contributed by atoms with E-state index >= 15 is 0 Å². The standard InChI is InChI=1S/C28H30N2O6S/c1-18(2)24(16-31)30-37(33,34)22-9-6-19(7-10-22)23-5-3-4-21(29-23)15-27(32)28(12-13-28)20-8-11-25-26(14-20)36-17-35-25/h3-11,14,18,24,30-31H,12-13,15-17H2,1-2H3. The molecular weight excluding hydrogens is 492 g/mol. The zero-order chi connectivity index (χ0) is 26.2. The Kier molecular flexibility index (Phi) is 6.78. The number of hydrogen-bond acceptors (Lipinski definition) is 7. The number of fused-ring (bicyclic) bond motifs is 1. The van der Waals surface area contributed by atoms with Crippen LogP contribution in [0.3, 0.4) is 0 Å².